The van der Waals surface area contributed by atoms with Crippen molar-refractivity contribution in [3.8, 4) is 0 Å². The molecule has 0 aromatic carbocycles. The Kier molecular flexibility index (Phi) is 15.1. The van der Waals surface area contributed by atoms with Crippen molar-refractivity contribution in [3.05, 3.63) is 0 Å². The maximum atomic E-state index is 11.8. The molecule has 1 unspecified atom stereocenters. The van der Waals surface area contributed by atoms with Gasteiger partial charge in [-0.15, -0.1) is 24.0 Å². The summed E-state index contributed by atoms with van der Waals surface area (Å²) >= 11 is 0. The van der Waals surface area contributed by atoms with E-state index in [0.29, 0.717) is 18.9 Å². The number of rotatable bonds is 11. The van der Waals surface area contributed by atoms with Gasteiger partial charge in [0.15, 0.2) is 5.96 Å². The molecule has 0 radical (unpaired) electrons. The van der Waals surface area contributed by atoms with Gasteiger partial charge in [-0.3, -0.25) is 9.79 Å². The Morgan fingerprint density at radius 1 is 1.19 bits per heavy atom. The fourth-order valence-corrected chi connectivity index (χ4v) is 3.07. The van der Waals surface area contributed by atoms with Crippen molar-refractivity contribution >= 4 is 35.9 Å². The predicted molar refractivity (Wildman–Crippen MR) is 117 cm³/mol. The van der Waals surface area contributed by atoms with Crippen LogP contribution >= 0.6 is 24.0 Å². The van der Waals surface area contributed by atoms with Gasteiger partial charge in [0.1, 0.15) is 6.10 Å². The van der Waals surface area contributed by atoms with Crippen molar-refractivity contribution in [2.75, 3.05) is 26.7 Å². The third kappa shape index (κ3) is 11.2. The van der Waals surface area contributed by atoms with Crippen LogP contribution in [-0.2, 0) is 14.3 Å². The number of halogens is 1. The Balaban J connectivity index is 0.00000625. The van der Waals surface area contributed by atoms with Gasteiger partial charge < -0.3 is 20.1 Å². The molecule has 0 aliphatic heterocycles. The zero-order valence-corrected chi connectivity index (χ0v) is 19.2. The lowest BCUT2D eigenvalue weighted by atomic mass is 10.0. The number of nitrogens with one attached hydrogen (secondary N) is 2. The van der Waals surface area contributed by atoms with Crippen molar-refractivity contribution in [2.24, 2.45) is 10.9 Å². The number of esters is 1. The van der Waals surface area contributed by atoms with Crippen molar-refractivity contribution < 1.29 is 14.3 Å². The first-order chi connectivity index (χ1) is 12.1. The number of ether oxygens (including phenoxy) is 2. The molecule has 0 bridgehead atoms. The zero-order valence-electron chi connectivity index (χ0n) is 16.9. The number of carbonyl (C=O) groups excluding carboxylic acids is 1. The predicted octanol–water partition coefficient (Wildman–Crippen LogP) is 3.49. The Bertz CT molecular complexity index is 399. The third-order valence-corrected chi connectivity index (χ3v) is 4.52. The summed E-state index contributed by atoms with van der Waals surface area (Å²) in [6.07, 6.45) is 7.00. The first-order valence-electron chi connectivity index (χ1n) is 9.82. The van der Waals surface area contributed by atoms with E-state index in [1.165, 1.54) is 12.8 Å². The van der Waals surface area contributed by atoms with Crippen molar-refractivity contribution in [1.82, 2.24) is 10.6 Å². The van der Waals surface area contributed by atoms with E-state index >= 15 is 0 Å². The van der Waals surface area contributed by atoms with Crippen LogP contribution in [0.15, 0.2) is 4.99 Å². The van der Waals surface area contributed by atoms with Gasteiger partial charge >= 0.3 is 5.97 Å². The molecule has 0 aromatic rings. The smallest absolute Gasteiger partial charge is 0.306 e. The lowest BCUT2D eigenvalue weighted by molar-refractivity contribution is -0.148. The Hall–Kier alpha value is -0.570. The van der Waals surface area contributed by atoms with Crippen LogP contribution in [0.2, 0.25) is 0 Å². The topological polar surface area (TPSA) is 72.0 Å². The average molecular weight is 483 g/mol. The van der Waals surface area contributed by atoms with Crippen LogP contribution in [0.1, 0.15) is 65.7 Å². The minimum atomic E-state index is -0.0758. The summed E-state index contributed by atoms with van der Waals surface area (Å²) in [5, 5.41) is 6.55. The van der Waals surface area contributed by atoms with Crippen molar-refractivity contribution in [3.63, 3.8) is 0 Å². The van der Waals surface area contributed by atoms with Crippen LogP contribution in [0.5, 0.6) is 0 Å². The van der Waals surface area contributed by atoms with Gasteiger partial charge in [-0.25, -0.2) is 0 Å². The quantitative estimate of drug-likeness (QED) is 0.155. The maximum Gasteiger partial charge on any atom is 0.306 e. The summed E-state index contributed by atoms with van der Waals surface area (Å²) in [5.41, 5.74) is 0. The van der Waals surface area contributed by atoms with E-state index in [4.69, 9.17) is 9.47 Å². The molecule has 26 heavy (non-hydrogen) atoms. The fourth-order valence-electron chi connectivity index (χ4n) is 3.07. The lowest BCUT2D eigenvalue weighted by Crippen LogP contribution is -2.39. The van der Waals surface area contributed by atoms with Gasteiger partial charge in [0.25, 0.3) is 0 Å². The van der Waals surface area contributed by atoms with Gasteiger partial charge in [0.2, 0.25) is 0 Å². The maximum absolute atomic E-state index is 11.8. The zero-order chi connectivity index (χ0) is 18.5. The number of hydrogen-bond donors (Lipinski definition) is 2. The summed E-state index contributed by atoms with van der Waals surface area (Å²) in [7, 11) is 1.76. The lowest BCUT2D eigenvalue weighted by Gasteiger charge is -2.21. The second-order valence-electron chi connectivity index (χ2n) is 6.95. The minimum absolute atomic E-state index is 0. The van der Waals surface area contributed by atoms with E-state index in [-0.39, 0.29) is 42.2 Å². The van der Waals surface area contributed by atoms with E-state index in [9.17, 15) is 4.79 Å². The number of aliphatic imine (C=N–C) groups is 1. The van der Waals surface area contributed by atoms with E-state index in [0.717, 1.165) is 44.8 Å². The Morgan fingerprint density at radius 3 is 2.42 bits per heavy atom. The summed E-state index contributed by atoms with van der Waals surface area (Å²) < 4.78 is 11.2. The molecule has 0 heterocycles. The van der Waals surface area contributed by atoms with Crippen LogP contribution in [0.25, 0.3) is 0 Å². The number of guanidine groups is 1. The largest absolute Gasteiger partial charge is 0.462 e. The van der Waals surface area contributed by atoms with Crippen LogP contribution in [0.4, 0.5) is 0 Å². The van der Waals surface area contributed by atoms with Gasteiger partial charge in [0, 0.05) is 33.2 Å². The molecule has 1 saturated carbocycles. The molecule has 0 amide bonds. The van der Waals surface area contributed by atoms with E-state index in [1.54, 1.807) is 7.05 Å². The van der Waals surface area contributed by atoms with E-state index in [1.807, 2.05) is 6.92 Å². The molecule has 1 aliphatic carbocycles. The summed E-state index contributed by atoms with van der Waals surface area (Å²) in [6, 6.07) is 0. The number of carbonyl (C=O) groups is 1. The molecule has 0 saturated heterocycles. The molecule has 1 atom stereocenters. The molecular formula is C19H38IN3O3. The average Bonchev–Trinajstić information content (AvgIpc) is 3.08. The van der Waals surface area contributed by atoms with Gasteiger partial charge in [-0.2, -0.15) is 0 Å². The molecule has 154 valence electrons. The first kappa shape index (κ1) is 25.4. The highest BCUT2D eigenvalue weighted by Crippen LogP contribution is 2.21. The number of hydrogen-bond acceptors (Lipinski definition) is 4. The van der Waals surface area contributed by atoms with E-state index < -0.39 is 0 Å². The van der Waals surface area contributed by atoms with Crippen molar-refractivity contribution in [2.45, 2.75) is 77.9 Å². The van der Waals surface area contributed by atoms with Gasteiger partial charge in [0.05, 0.1) is 6.10 Å². The molecular weight excluding hydrogens is 445 g/mol. The molecule has 1 aliphatic rings. The summed E-state index contributed by atoms with van der Waals surface area (Å²) in [6.45, 7) is 8.65. The highest BCUT2D eigenvalue weighted by molar-refractivity contribution is 14.0. The monoisotopic (exact) mass is 483 g/mol. The molecule has 2 N–H and O–H groups in total. The Morgan fingerprint density at radius 2 is 1.85 bits per heavy atom. The Labute approximate surface area is 176 Å². The normalized spacial score (nSPS) is 16.3. The van der Waals surface area contributed by atoms with Crippen LogP contribution in [0.3, 0.4) is 0 Å². The molecule has 1 fully saturated rings. The summed E-state index contributed by atoms with van der Waals surface area (Å²) in [4.78, 5) is 16.0. The van der Waals surface area contributed by atoms with Crippen LogP contribution in [0, 0.1) is 5.92 Å². The van der Waals surface area contributed by atoms with E-state index in [2.05, 4.69) is 29.5 Å². The minimum Gasteiger partial charge on any atom is -0.462 e. The first-order valence-corrected chi connectivity index (χ1v) is 9.82. The van der Waals surface area contributed by atoms with Gasteiger partial charge in [-0.1, -0.05) is 13.8 Å². The SMILES string of the molecule is CCOC(CCNC(=NC)NCCCC(=O)OC1CCCC1)C(C)C.I. The van der Waals surface area contributed by atoms with Crippen molar-refractivity contribution in [1.29, 1.82) is 0 Å². The van der Waals surface area contributed by atoms with Crippen LogP contribution in [-0.4, -0.2) is 50.9 Å². The van der Waals surface area contributed by atoms with Gasteiger partial charge in [-0.05, 0) is 51.4 Å². The molecule has 0 aromatic heterocycles. The standard InChI is InChI=1S/C19H37N3O3.HI/c1-5-24-17(15(2)3)12-14-22-19(20-4)21-13-8-11-18(23)25-16-9-6-7-10-16;/h15-17H,5-14H2,1-4H3,(H2,20,21,22);1H. The fraction of sp³-hybridized carbons (Fsp3) is 0.895. The molecule has 1 rings (SSSR count). The van der Waals surface area contributed by atoms with Crippen LogP contribution < -0.4 is 10.6 Å². The summed E-state index contributed by atoms with van der Waals surface area (Å²) in [5.74, 6) is 1.19. The highest BCUT2D eigenvalue weighted by Gasteiger charge is 2.18. The second-order valence-corrected chi connectivity index (χ2v) is 6.95. The highest BCUT2D eigenvalue weighted by atomic mass is 127. The molecule has 0 spiro atoms. The molecule has 7 heteroatoms. The molecule has 6 nitrogen and oxygen atoms in total. The second kappa shape index (κ2) is 15.5. The number of nitrogens with zero attached hydrogens (tertiary/aromatic N) is 1. The third-order valence-electron chi connectivity index (χ3n) is 4.52.